The molecule has 8 nitrogen and oxygen atoms in total. The highest BCUT2D eigenvalue weighted by molar-refractivity contribution is 5.86. The summed E-state index contributed by atoms with van der Waals surface area (Å²) in [6.45, 7) is 0.813. The van der Waals surface area contributed by atoms with Crippen LogP contribution in [0.4, 0.5) is 0 Å². The van der Waals surface area contributed by atoms with Gasteiger partial charge in [0.25, 0.3) is 0 Å². The van der Waals surface area contributed by atoms with E-state index in [9.17, 15) is 24.6 Å². The van der Waals surface area contributed by atoms with Crippen LogP contribution in [-0.2, 0) is 25.5 Å². The van der Waals surface area contributed by atoms with Crippen molar-refractivity contribution in [2.45, 2.75) is 56.7 Å². The predicted molar refractivity (Wildman–Crippen MR) is 109 cm³/mol. The van der Waals surface area contributed by atoms with Crippen molar-refractivity contribution in [1.82, 2.24) is 10.2 Å². The number of benzene rings is 1. The van der Waals surface area contributed by atoms with E-state index in [-0.39, 0.29) is 24.5 Å². The van der Waals surface area contributed by atoms with Crippen molar-refractivity contribution in [3.63, 3.8) is 0 Å². The molecule has 2 heterocycles. The fourth-order valence-corrected chi connectivity index (χ4v) is 4.37. The van der Waals surface area contributed by atoms with Gasteiger partial charge in [-0.1, -0.05) is 30.3 Å². The Morgan fingerprint density at radius 1 is 1.17 bits per heavy atom. The summed E-state index contributed by atoms with van der Waals surface area (Å²) in [7, 11) is 0. The highest BCUT2D eigenvalue weighted by atomic mass is 16.5. The van der Waals surface area contributed by atoms with Crippen LogP contribution in [0.5, 0.6) is 0 Å². The molecule has 30 heavy (non-hydrogen) atoms. The molecule has 2 saturated heterocycles. The van der Waals surface area contributed by atoms with Crippen molar-refractivity contribution in [2.75, 3.05) is 19.7 Å². The summed E-state index contributed by atoms with van der Waals surface area (Å²) in [5, 5.41) is 21.9. The summed E-state index contributed by atoms with van der Waals surface area (Å²) < 4.78 is 5.80. The molecule has 164 valence electrons. The maximum Gasteiger partial charge on any atom is 0.326 e. The third kappa shape index (κ3) is 5.79. The lowest BCUT2D eigenvalue weighted by atomic mass is 9.93. The molecule has 2 fully saturated rings. The van der Waals surface area contributed by atoms with E-state index in [4.69, 9.17) is 4.74 Å². The second-order valence-electron chi connectivity index (χ2n) is 8.10. The first-order valence-corrected chi connectivity index (χ1v) is 10.6. The van der Waals surface area contributed by atoms with Gasteiger partial charge in [0.05, 0.1) is 12.6 Å². The molecule has 8 heteroatoms. The molecule has 1 aromatic rings. The van der Waals surface area contributed by atoms with E-state index in [2.05, 4.69) is 5.32 Å². The monoisotopic (exact) mass is 418 g/mol. The van der Waals surface area contributed by atoms with Gasteiger partial charge in [0.15, 0.2) is 0 Å². The zero-order chi connectivity index (χ0) is 21.5. The molecule has 2 aliphatic rings. The Hall–Kier alpha value is -2.45. The standard InChI is InChI=1S/C22H30N2O6/c25-20(13-23-17(21(26)27)10-9-15-6-2-1-3-7-15)24-14-16(12-18(24)22(28)29)19-8-4-5-11-30-19/h1-3,6-7,16-19,23H,4-5,8-14H2,(H,26,27)(H,28,29)/t16?,17?,18-,19?/m0/s1. The topological polar surface area (TPSA) is 116 Å². The van der Waals surface area contributed by atoms with Crippen molar-refractivity contribution in [1.29, 1.82) is 0 Å². The second-order valence-corrected chi connectivity index (χ2v) is 8.10. The van der Waals surface area contributed by atoms with Gasteiger partial charge in [-0.25, -0.2) is 4.79 Å². The third-order valence-corrected chi connectivity index (χ3v) is 6.04. The number of carboxylic acid groups (broad SMARTS) is 2. The van der Waals surface area contributed by atoms with E-state index in [1.807, 2.05) is 30.3 Å². The molecule has 1 amide bonds. The molecule has 1 aromatic carbocycles. The number of hydrogen-bond donors (Lipinski definition) is 3. The molecule has 0 spiro atoms. The Morgan fingerprint density at radius 3 is 2.57 bits per heavy atom. The number of rotatable bonds is 9. The molecule has 3 unspecified atom stereocenters. The molecule has 0 radical (unpaired) electrons. The number of carbonyl (C=O) groups excluding carboxylic acids is 1. The average molecular weight is 418 g/mol. The van der Waals surface area contributed by atoms with Crippen LogP contribution in [-0.4, -0.2) is 70.8 Å². The molecule has 0 bridgehead atoms. The number of carbonyl (C=O) groups is 3. The lowest BCUT2D eigenvalue weighted by Gasteiger charge is -2.28. The molecule has 4 atom stereocenters. The maximum atomic E-state index is 12.8. The average Bonchev–Trinajstić information content (AvgIpc) is 3.21. The minimum Gasteiger partial charge on any atom is -0.480 e. The number of nitrogens with zero attached hydrogens (tertiary/aromatic N) is 1. The van der Waals surface area contributed by atoms with Crippen LogP contribution >= 0.6 is 0 Å². The summed E-state index contributed by atoms with van der Waals surface area (Å²) in [6.07, 6.45) is 4.23. The van der Waals surface area contributed by atoms with Gasteiger partial charge in [-0.2, -0.15) is 0 Å². The van der Waals surface area contributed by atoms with Crippen LogP contribution in [0.2, 0.25) is 0 Å². The molecule has 3 N–H and O–H groups in total. The maximum absolute atomic E-state index is 12.8. The van der Waals surface area contributed by atoms with E-state index in [1.54, 1.807) is 0 Å². The Labute approximate surface area is 176 Å². The Balaban J connectivity index is 1.55. The summed E-state index contributed by atoms with van der Waals surface area (Å²) in [6, 6.07) is 7.79. The van der Waals surface area contributed by atoms with Gasteiger partial charge in [0, 0.05) is 19.1 Å². The molecular formula is C22H30N2O6. The van der Waals surface area contributed by atoms with Gasteiger partial charge in [0.2, 0.25) is 5.91 Å². The number of carboxylic acids is 2. The van der Waals surface area contributed by atoms with E-state index >= 15 is 0 Å². The van der Waals surface area contributed by atoms with Crippen molar-refractivity contribution in [3.05, 3.63) is 35.9 Å². The fraction of sp³-hybridized carbons (Fsp3) is 0.591. The van der Waals surface area contributed by atoms with Crippen LogP contribution in [0.1, 0.15) is 37.7 Å². The molecular weight excluding hydrogens is 388 g/mol. The van der Waals surface area contributed by atoms with Crippen molar-refractivity contribution < 1.29 is 29.3 Å². The zero-order valence-corrected chi connectivity index (χ0v) is 17.0. The highest BCUT2D eigenvalue weighted by Gasteiger charge is 2.43. The van der Waals surface area contributed by atoms with E-state index in [0.717, 1.165) is 24.8 Å². The second kappa shape index (κ2) is 10.5. The fourth-order valence-electron chi connectivity index (χ4n) is 4.37. The minimum absolute atomic E-state index is 0.00343. The number of aliphatic carboxylic acids is 2. The highest BCUT2D eigenvalue weighted by Crippen LogP contribution is 2.31. The first-order chi connectivity index (χ1) is 14.5. The molecule has 0 aliphatic carbocycles. The Bertz CT molecular complexity index is 734. The zero-order valence-electron chi connectivity index (χ0n) is 17.0. The van der Waals surface area contributed by atoms with E-state index < -0.39 is 24.0 Å². The quantitative estimate of drug-likeness (QED) is 0.557. The molecule has 0 aromatic heterocycles. The van der Waals surface area contributed by atoms with Crippen LogP contribution in [0.25, 0.3) is 0 Å². The normalized spacial score (nSPS) is 25.1. The van der Waals surface area contributed by atoms with Gasteiger partial charge in [0.1, 0.15) is 12.1 Å². The predicted octanol–water partition coefficient (Wildman–Crippen LogP) is 1.53. The van der Waals surface area contributed by atoms with Crippen molar-refractivity contribution >= 4 is 17.8 Å². The summed E-state index contributed by atoms with van der Waals surface area (Å²) in [5.41, 5.74) is 1.03. The molecule has 3 rings (SSSR count). The first-order valence-electron chi connectivity index (χ1n) is 10.6. The van der Waals surface area contributed by atoms with Gasteiger partial charge in [-0.3, -0.25) is 14.9 Å². The largest absolute Gasteiger partial charge is 0.480 e. The Morgan fingerprint density at radius 2 is 1.93 bits per heavy atom. The molecule has 2 aliphatic heterocycles. The smallest absolute Gasteiger partial charge is 0.326 e. The van der Waals surface area contributed by atoms with Crippen LogP contribution in [0.3, 0.4) is 0 Å². The third-order valence-electron chi connectivity index (χ3n) is 6.04. The van der Waals surface area contributed by atoms with Gasteiger partial charge >= 0.3 is 11.9 Å². The van der Waals surface area contributed by atoms with Crippen LogP contribution < -0.4 is 5.32 Å². The minimum atomic E-state index is -1.03. The van der Waals surface area contributed by atoms with Gasteiger partial charge < -0.3 is 19.8 Å². The van der Waals surface area contributed by atoms with Gasteiger partial charge in [-0.05, 0) is 44.1 Å². The lowest BCUT2D eigenvalue weighted by molar-refractivity contribution is -0.148. The SMILES string of the molecule is O=C(O)C(CCc1ccccc1)NCC(=O)N1CC(C2CCCCO2)C[C@H]1C(=O)O. The van der Waals surface area contributed by atoms with Crippen LogP contribution in [0.15, 0.2) is 30.3 Å². The Kier molecular flexibility index (Phi) is 7.81. The number of aryl methyl sites for hydroxylation is 1. The van der Waals surface area contributed by atoms with Gasteiger partial charge in [-0.15, -0.1) is 0 Å². The number of ether oxygens (including phenoxy) is 1. The van der Waals surface area contributed by atoms with E-state index in [0.29, 0.717) is 32.4 Å². The van der Waals surface area contributed by atoms with E-state index in [1.165, 1.54) is 4.90 Å². The number of nitrogens with one attached hydrogen (secondary N) is 1. The summed E-state index contributed by atoms with van der Waals surface area (Å²) in [4.78, 5) is 37.4. The summed E-state index contributed by atoms with van der Waals surface area (Å²) >= 11 is 0. The summed E-state index contributed by atoms with van der Waals surface area (Å²) in [5.74, 6) is -2.43. The lowest BCUT2D eigenvalue weighted by Crippen LogP contribution is -2.48. The van der Waals surface area contributed by atoms with Crippen molar-refractivity contribution in [3.8, 4) is 0 Å². The number of hydrogen-bond acceptors (Lipinski definition) is 5. The number of amides is 1. The number of likely N-dealkylation sites (tertiary alicyclic amines) is 1. The first kappa shape index (κ1) is 22.2. The molecule has 0 saturated carbocycles. The van der Waals surface area contributed by atoms with Crippen molar-refractivity contribution in [2.24, 2.45) is 5.92 Å². The van der Waals surface area contributed by atoms with Crippen LogP contribution in [0, 0.1) is 5.92 Å².